The molecule has 3 N–H and O–H groups in total. The molecule has 19 heavy (non-hydrogen) atoms. The zero-order valence-electron chi connectivity index (χ0n) is 13.2. The average Bonchev–Trinajstić information content (AvgIpc) is 2.39. The topological polar surface area (TPSA) is 46.2 Å². The summed E-state index contributed by atoms with van der Waals surface area (Å²) in [6.45, 7) is 2.28. The largest absolute Gasteiger partial charge is 0.379 e. The molecule has 0 radical (unpaired) electrons. The Hall–Kier alpha value is -0.0800. The lowest BCUT2D eigenvalue weighted by molar-refractivity contribution is 0.168. The van der Waals surface area contributed by atoms with Gasteiger partial charge in [-0.05, 0) is 12.8 Å². The third-order valence-corrected chi connectivity index (χ3v) is 3.85. The molecular formula is C17H37NO. The van der Waals surface area contributed by atoms with Gasteiger partial charge in [-0.15, -0.1) is 0 Å². The van der Waals surface area contributed by atoms with E-state index in [1.54, 1.807) is 0 Å². The molecule has 0 saturated carbocycles. The number of rotatable bonds is 15. The maximum Gasteiger partial charge on any atom is 0.102 e. The van der Waals surface area contributed by atoms with E-state index >= 15 is 0 Å². The zero-order chi connectivity index (χ0) is 14.2. The molecule has 0 amide bonds. The van der Waals surface area contributed by atoms with E-state index in [1.807, 2.05) is 0 Å². The number of hydrogen-bond acceptors (Lipinski definition) is 2. The Kier molecular flexibility index (Phi) is 15.9. The van der Waals surface area contributed by atoms with Crippen molar-refractivity contribution >= 4 is 0 Å². The first-order chi connectivity index (χ1) is 9.27. The molecule has 0 aliphatic carbocycles. The van der Waals surface area contributed by atoms with Crippen LogP contribution in [-0.4, -0.2) is 11.3 Å². The van der Waals surface area contributed by atoms with Gasteiger partial charge in [-0.1, -0.05) is 90.4 Å². The monoisotopic (exact) mass is 271 g/mol. The zero-order valence-corrected chi connectivity index (χ0v) is 13.2. The minimum absolute atomic E-state index is 0.600. The van der Waals surface area contributed by atoms with E-state index in [0.29, 0.717) is 0 Å². The third-order valence-electron chi connectivity index (χ3n) is 3.85. The van der Waals surface area contributed by atoms with Gasteiger partial charge in [0.15, 0.2) is 0 Å². The van der Waals surface area contributed by atoms with Crippen LogP contribution in [0.4, 0.5) is 0 Å². The molecule has 1 unspecified atom stereocenters. The molecule has 116 valence electrons. The van der Waals surface area contributed by atoms with Crippen LogP contribution in [0.2, 0.25) is 0 Å². The van der Waals surface area contributed by atoms with Crippen LogP contribution >= 0.6 is 0 Å². The van der Waals surface area contributed by atoms with Crippen molar-refractivity contribution in [3.05, 3.63) is 0 Å². The van der Waals surface area contributed by atoms with Gasteiger partial charge in [-0.3, -0.25) is 0 Å². The molecule has 0 aliphatic heterocycles. The maximum atomic E-state index is 8.92. The van der Waals surface area contributed by atoms with E-state index in [9.17, 15) is 0 Å². The van der Waals surface area contributed by atoms with Crippen molar-refractivity contribution in [3.8, 4) is 0 Å². The van der Waals surface area contributed by atoms with Crippen molar-refractivity contribution in [2.45, 2.75) is 109 Å². The predicted octanol–water partition coefficient (Wildman–Crippen LogP) is 5.13. The molecular weight excluding hydrogens is 234 g/mol. The third kappa shape index (κ3) is 17.9. The van der Waals surface area contributed by atoms with Gasteiger partial charge in [-0.2, -0.15) is 0 Å². The van der Waals surface area contributed by atoms with Crippen molar-refractivity contribution in [2.75, 3.05) is 0 Å². The second-order valence-electron chi connectivity index (χ2n) is 5.95. The van der Waals surface area contributed by atoms with Gasteiger partial charge in [0.1, 0.15) is 6.23 Å². The summed E-state index contributed by atoms with van der Waals surface area (Å²) in [5.41, 5.74) is 5.30. The molecule has 0 aliphatic rings. The number of unbranched alkanes of at least 4 members (excludes halogenated alkanes) is 13. The van der Waals surface area contributed by atoms with Crippen molar-refractivity contribution < 1.29 is 5.11 Å². The van der Waals surface area contributed by atoms with E-state index in [-0.39, 0.29) is 0 Å². The van der Waals surface area contributed by atoms with Gasteiger partial charge in [0.25, 0.3) is 0 Å². The van der Waals surface area contributed by atoms with Crippen molar-refractivity contribution in [3.63, 3.8) is 0 Å². The van der Waals surface area contributed by atoms with E-state index in [2.05, 4.69) is 6.92 Å². The molecule has 0 aromatic carbocycles. The van der Waals surface area contributed by atoms with Crippen LogP contribution in [0.3, 0.4) is 0 Å². The number of aliphatic hydroxyl groups excluding tert-OH is 1. The minimum atomic E-state index is -0.600. The average molecular weight is 271 g/mol. The van der Waals surface area contributed by atoms with Gasteiger partial charge < -0.3 is 10.8 Å². The summed E-state index contributed by atoms with van der Waals surface area (Å²) < 4.78 is 0. The summed E-state index contributed by atoms with van der Waals surface area (Å²) in [6.07, 6.45) is 19.3. The lowest BCUT2D eigenvalue weighted by Gasteiger charge is -2.04. The Morgan fingerprint density at radius 2 is 0.947 bits per heavy atom. The van der Waals surface area contributed by atoms with Crippen molar-refractivity contribution in [1.82, 2.24) is 0 Å². The van der Waals surface area contributed by atoms with Crippen molar-refractivity contribution in [2.24, 2.45) is 5.73 Å². The van der Waals surface area contributed by atoms with E-state index in [1.165, 1.54) is 83.5 Å². The molecule has 0 rings (SSSR count). The normalized spacial score (nSPS) is 12.8. The van der Waals surface area contributed by atoms with Crippen LogP contribution in [0.5, 0.6) is 0 Å². The highest BCUT2D eigenvalue weighted by Gasteiger charge is 1.96. The fraction of sp³-hybridized carbons (Fsp3) is 1.00. The van der Waals surface area contributed by atoms with E-state index in [4.69, 9.17) is 10.8 Å². The van der Waals surface area contributed by atoms with Crippen molar-refractivity contribution in [1.29, 1.82) is 0 Å². The first kappa shape index (κ1) is 18.9. The van der Waals surface area contributed by atoms with Crippen LogP contribution in [0.15, 0.2) is 0 Å². The molecule has 0 saturated heterocycles. The molecule has 0 fully saturated rings. The Morgan fingerprint density at radius 3 is 1.26 bits per heavy atom. The van der Waals surface area contributed by atoms with E-state index < -0.39 is 6.23 Å². The van der Waals surface area contributed by atoms with E-state index in [0.717, 1.165) is 12.8 Å². The summed E-state index contributed by atoms with van der Waals surface area (Å²) in [5, 5.41) is 8.92. The molecule has 0 bridgehead atoms. The van der Waals surface area contributed by atoms with Crippen LogP contribution in [0, 0.1) is 0 Å². The summed E-state index contributed by atoms with van der Waals surface area (Å²) in [6, 6.07) is 0. The van der Waals surface area contributed by atoms with Crippen LogP contribution < -0.4 is 5.73 Å². The highest BCUT2D eigenvalue weighted by molar-refractivity contribution is 4.50. The highest BCUT2D eigenvalue weighted by Crippen LogP contribution is 2.13. The second-order valence-corrected chi connectivity index (χ2v) is 5.95. The molecule has 2 heteroatoms. The Labute approximate surface area is 121 Å². The van der Waals surface area contributed by atoms with Gasteiger partial charge in [0, 0.05) is 0 Å². The number of hydrogen-bond donors (Lipinski definition) is 2. The SMILES string of the molecule is CCCCCCCCCCCCCCCCC(N)O. The van der Waals surface area contributed by atoms with Gasteiger partial charge in [0.2, 0.25) is 0 Å². The first-order valence-electron chi connectivity index (χ1n) is 8.71. The van der Waals surface area contributed by atoms with Gasteiger partial charge in [0.05, 0.1) is 0 Å². The molecule has 0 spiro atoms. The summed E-state index contributed by atoms with van der Waals surface area (Å²) in [7, 11) is 0. The van der Waals surface area contributed by atoms with Crippen LogP contribution in [0.25, 0.3) is 0 Å². The summed E-state index contributed by atoms with van der Waals surface area (Å²) in [5.74, 6) is 0. The standard InChI is InChI=1S/C17H37NO/c1-2-3-4-5-6-7-8-9-10-11-12-13-14-15-16-17(18)19/h17,19H,2-16,18H2,1H3. The molecule has 0 heterocycles. The summed E-state index contributed by atoms with van der Waals surface area (Å²) in [4.78, 5) is 0. The quantitative estimate of drug-likeness (QED) is 0.320. The molecule has 0 aromatic rings. The Morgan fingerprint density at radius 1 is 0.632 bits per heavy atom. The lowest BCUT2D eigenvalue weighted by atomic mass is 10.0. The Balaban J connectivity index is 2.91. The number of nitrogens with two attached hydrogens (primary N) is 1. The number of aliphatic hydroxyl groups is 1. The predicted molar refractivity (Wildman–Crippen MR) is 85.1 cm³/mol. The smallest absolute Gasteiger partial charge is 0.102 e. The fourth-order valence-electron chi connectivity index (χ4n) is 2.55. The second kappa shape index (κ2) is 16.0. The summed E-state index contributed by atoms with van der Waals surface area (Å²) >= 11 is 0. The Bertz CT molecular complexity index is 159. The maximum absolute atomic E-state index is 8.92. The van der Waals surface area contributed by atoms with Gasteiger partial charge >= 0.3 is 0 Å². The first-order valence-corrected chi connectivity index (χ1v) is 8.71. The lowest BCUT2D eigenvalue weighted by Crippen LogP contribution is -2.17. The van der Waals surface area contributed by atoms with Crippen LogP contribution in [0.1, 0.15) is 103 Å². The fourth-order valence-corrected chi connectivity index (χ4v) is 2.55. The highest BCUT2D eigenvalue weighted by atomic mass is 16.3. The van der Waals surface area contributed by atoms with Crippen LogP contribution in [-0.2, 0) is 0 Å². The minimum Gasteiger partial charge on any atom is -0.379 e. The van der Waals surface area contributed by atoms with Gasteiger partial charge in [-0.25, -0.2) is 0 Å². The molecule has 1 atom stereocenters. The molecule has 2 nitrogen and oxygen atoms in total. The molecule has 0 aromatic heterocycles.